The fourth-order valence-electron chi connectivity index (χ4n) is 2.98. The highest BCUT2D eigenvalue weighted by Gasteiger charge is 2.27. The van der Waals surface area contributed by atoms with Crippen molar-refractivity contribution in [1.82, 2.24) is 0 Å². The molecule has 0 saturated carbocycles. The Kier molecular flexibility index (Phi) is 6.74. The van der Waals surface area contributed by atoms with Crippen molar-refractivity contribution in [2.24, 2.45) is 0 Å². The number of aryl methyl sites for hydroxylation is 1. The molecule has 0 saturated heterocycles. The number of nitrogens with one attached hydrogen (secondary N) is 1. The molecule has 0 bridgehead atoms. The van der Waals surface area contributed by atoms with Crippen molar-refractivity contribution in [3.63, 3.8) is 0 Å². The van der Waals surface area contributed by atoms with Crippen molar-refractivity contribution in [3.05, 3.63) is 45.3 Å². The topological polar surface area (TPSA) is 64.6 Å². The average Bonchev–Trinajstić information content (AvgIpc) is 3.03. The molecule has 0 unspecified atom stereocenters. The van der Waals surface area contributed by atoms with Crippen LogP contribution in [0.3, 0.4) is 0 Å². The summed E-state index contributed by atoms with van der Waals surface area (Å²) in [4.78, 5) is 26.1. The number of benzene rings is 1. The van der Waals surface area contributed by atoms with Gasteiger partial charge < -0.3 is 14.8 Å². The highest BCUT2D eigenvalue weighted by molar-refractivity contribution is 7.17. The minimum absolute atomic E-state index is 0.145. The predicted octanol–water partition coefficient (Wildman–Crippen LogP) is 4.86. The molecule has 0 fully saturated rings. The van der Waals surface area contributed by atoms with E-state index in [9.17, 15) is 9.59 Å². The van der Waals surface area contributed by atoms with E-state index in [4.69, 9.17) is 21.1 Å². The molecule has 1 heterocycles. The molecule has 1 aromatic carbocycles. The number of anilines is 1. The van der Waals surface area contributed by atoms with E-state index in [0.29, 0.717) is 27.9 Å². The summed E-state index contributed by atoms with van der Waals surface area (Å²) in [6.07, 6.45) is 4.69. The standard InChI is InChI=1S/C20H22ClNO4S/c1-2-11-25-20(24)18-15-5-3-4-6-16(15)27-19(18)22-17(23)12-26-14-9-7-13(21)8-10-14/h7-10H,2-6,11-12H2,1H3,(H,22,23). The maximum absolute atomic E-state index is 12.5. The lowest BCUT2D eigenvalue weighted by atomic mass is 9.95. The van der Waals surface area contributed by atoms with Crippen LogP contribution in [0.5, 0.6) is 5.75 Å². The van der Waals surface area contributed by atoms with Crippen molar-refractivity contribution in [2.45, 2.75) is 39.0 Å². The number of carbonyl (C=O) groups excluding carboxylic acids is 2. The Bertz CT molecular complexity index is 816. The molecule has 1 aliphatic rings. The number of hydrogen-bond acceptors (Lipinski definition) is 5. The Labute approximate surface area is 167 Å². The monoisotopic (exact) mass is 407 g/mol. The summed E-state index contributed by atoms with van der Waals surface area (Å²) < 4.78 is 10.8. The summed E-state index contributed by atoms with van der Waals surface area (Å²) in [6, 6.07) is 6.80. The van der Waals surface area contributed by atoms with Crippen LogP contribution in [-0.4, -0.2) is 25.1 Å². The molecule has 27 heavy (non-hydrogen) atoms. The molecule has 1 N–H and O–H groups in total. The summed E-state index contributed by atoms with van der Waals surface area (Å²) in [5.74, 6) is -0.110. The molecule has 1 aromatic heterocycles. The second-order valence-corrected chi connectivity index (χ2v) is 7.88. The van der Waals surface area contributed by atoms with Gasteiger partial charge in [-0.05, 0) is 61.9 Å². The molecule has 3 rings (SSSR count). The number of amides is 1. The van der Waals surface area contributed by atoms with Gasteiger partial charge in [0.2, 0.25) is 0 Å². The van der Waals surface area contributed by atoms with Gasteiger partial charge in [0.05, 0.1) is 12.2 Å². The molecular weight excluding hydrogens is 386 g/mol. The van der Waals surface area contributed by atoms with Crippen LogP contribution in [-0.2, 0) is 22.4 Å². The van der Waals surface area contributed by atoms with E-state index in [2.05, 4.69) is 5.32 Å². The predicted molar refractivity (Wildman–Crippen MR) is 107 cm³/mol. The average molecular weight is 408 g/mol. The summed E-state index contributed by atoms with van der Waals surface area (Å²) in [7, 11) is 0. The van der Waals surface area contributed by atoms with Gasteiger partial charge in [0.25, 0.3) is 5.91 Å². The Hall–Kier alpha value is -2.05. The number of fused-ring (bicyclic) bond motifs is 1. The number of rotatable bonds is 7. The van der Waals surface area contributed by atoms with Gasteiger partial charge in [0.1, 0.15) is 10.8 Å². The van der Waals surface area contributed by atoms with Crippen LogP contribution in [0.15, 0.2) is 24.3 Å². The first-order valence-corrected chi connectivity index (χ1v) is 10.3. The quantitative estimate of drug-likeness (QED) is 0.665. The summed E-state index contributed by atoms with van der Waals surface area (Å²) in [5.41, 5.74) is 1.55. The van der Waals surface area contributed by atoms with Crippen molar-refractivity contribution < 1.29 is 19.1 Å². The second-order valence-electron chi connectivity index (χ2n) is 6.34. The molecule has 0 spiro atoms. The molecular formula is C20H22ClNO4S. The van der Waals surface area contributed by atoms with E-state index in [-0.39, 0.29) is 18.5 Å². The first-order chi connectivity index (χ1) is 13.1. The lowest BCUT2D eigenvalue weighted by Crippen LogP contribution is -2.21. The van der Waals surface area contributed by atoms with Crippen LogP contribution in [0.2, 0.25) is 5.02 Å². The maximum Gasteiger partial charge on any atom is 0.341 e. The fourth-order valence-corrected chi connectivity index (χ4v) is 4.40. The molecule has 2 aromatic rings. The van der Waals surface area contributed by atoms with Gasteiger partial charge in [-0.2, -0.15) is 0 Å². The molecule has 1 aliphatic carbocycles. The molecule has 0 aliphatic heterocycles. The van der Waals surface area contributed by atoms with Crippen LogP contribution in [0.1, 0.15) is 47.0 Å². The minimum Gasteiger partial charge on any atom is -0.484 e. The van der Waals surface area contributed by atoms with E-state index in [1.165, 1.54) is 16.2 Å². The molecule has 7 heteroatoms. The first-order valence-electron chi connectivity index (χ1n) is 9.08. The third-order valence-electron chi connectivity index (χ3n) is 4.25. The van der Waals surface area contributed by atoms with Gasteiger partial charge in [-0.1, -0.05) is 18.5 Å². The highest BCUT2D eigenvalue weighted by Crippen LogP contribution is 2.38. The fraction of sp³-hybridized carbons (Fsp3) is 0.400. The van der Waals surface area contributed by atoms with Gasteiger partial charge in [-0.15, -0.1) is 11.3 Å². The molecule has 0 radical (unpaired) electrons. The van der Waals surface area contributed by atoms with E-state index in [1.807, 2.05) is 6.92 Å². The number of carbonyl (C=O) groups is 2. The molecule has 0 atom stereocenters. The normalized spacial score (nSPS) is 13.0. The number of hydrogen-bond donors (Lipinski definition) is 1. The summed E-state index contributed by atoms with van der Waals surface area (Å²) >= 11 is 7.31. The maximum atomic E-state index is 12.5. The third kappa shape index (κ3) is 5.02. The van der Waals surface area contributed by atoms with Gasteiger partial charge >= 0.3 is 5.97 Å². The van der Waals surface area contributed by atoms with Crippen LogP contribution < -0.4 is 10.1 Å². The van der Waals surface area contributed by atoms with Crippen molar-refractivity contribution >= 4 is 39.8 Å². The van der Waals surface area contributed by atoms with Crippen LogP contribution in [0.25, 0.3) is 0 Å². The molecule has 144 valence electrons. The highest BCUT2D eigenvalue weighted by atomic mass is 35.5. The Morgan fingerprint density at radius 1 is 1.19 bits per heavy atom. The van der Waals surface area contributed by atoms with Crippen molar-refractivity contribution in [1.29, 1.82) is 0 Å². The van der Waals surface area contributed by atoms with Gasteiger partial charge in [0, 0.05) is 9.90 Å². The van der Waals surface area contributed by atoms with Crippen molar-refractivity contribution in [2.75, 3.05) is 18.5 Å². The van der Waals surface area contributed by atoms with E-state index >= 15 is 0 Å². The number of ether oxygens (including phenoxy) is 2. The van der Waals surface area contributed by atoms with Crippen molar-refractivity contribution in [3.8, 4) is 5.75 Å². The van der Waals surface area contributed by atoms with E-state index in [0.717, 1.165) is 37.7 Å². The van der Waals surface area contributed by atoms with E-state index in [1.54, 1.807) is 24.3 Å². The smallest absolute Gasteiger partial charge is 0.341 e. The van der Waals surface area contributed by atoms with Crippen LogP contribution in [0, 0.1) is 0 Å². The van der Waals surface area contributed by atoms with Crippen LogP contribution in [0.4, 0.5) is 5.00 Å². The zero-order chi connectivity index (χ0) is 19.2. The molecule has 5 nitrogen and oxygen atoms in total. The number of thiophene rings is 1. The van der Waals surface area contributed by atoms with Gasteiger partial charge in [-0.25, -0.2) is 4.79 Å². The number of esters is 1. The van der Waals surface area contributed by atoms with Crippen LogP contribution >= 0.6 is 22.9 Å². The van der Waals surface area contributed by atoms with E-state index < -0.39 is 0 Å². The first kappa shape index (κ1) is 19.7. The Morgan fingerprint density at radius 2 is 1.93 bits per heavy atom. The molecule has 1 amide bonds. The third-order valence-corrected chi connectivity index (χ3v) is 5.71. The lowest BCUT2D eigenvalue weighted by Gasteiger charge is -2.12. The second kappa shape index (κ2) is 9.24. The zero-order valence-corrected chi connectivity index (χ0v) is 16.8. The Morgan fingerprint density at radius 3 is 2.67 bits per heavy atom. The largest absolute Gasteiger partial charge is 0.484 e. The Balaban J connectivity index is 1.71. The lowest BCUT2D eigenvalue weighted by molar-refractivity contribution is -0.118. The summed E-state index contributed by atoms with van der Waals surface area (Å²) in [5, 5.41) is 4.00. The zero-order valence-electron chi connectivity index (χ0n) is 15.2. The van der Waals surface area contributed by atoms with Gasteiger partial charge in [-0.3, -0.25) is 4.79 Å². The SMILES string of the molecule is CCCOC(=O)c1c(NC(=O)COc2ccc(Cl)cc2)sc2c1CCCC2. The number of halogens is 1. The van der Waals surface area contributed by atoms with Gasteiger partial charge in [0.15, 0.2) is 6.61 Å². The minimum atomic E-state index is -0.356. The summed E-state index contributed by atoms with van der Waals surface area (Å²) in [6.45, 7) is 2.18.